The summed E-state index contributed by atoms with van der Waals surface area (Å²) in [6.07, 6.45) is -4.60. The molecular formula is C28H29ClF3N3O4S. The number of amides is 2. The van der Waals surface area contributed by atoms with Gasteiger partial charge >= 0.3 is 6.18 Å². The Kier molecular flexibility index (Phi) is 9.86. The molecule has 0 aliphatic heterocycles. The molecule has 0 radical (unpaired) electrons. The maximum absolute atomic E-state index is 13.9. The summed E-state index contributed by atoms with van der Waals surface area (Å²) < 4.78 is 68.9. The van der Waals surface area contributed by atoms with Crippen molar-refractivity contribution in [2.45, 2.75) is 43.9 Å². The number of hydrogen-bond donors (Lipinski definition) is 1. The van der Waals surface area contributed by atoms with Crippen molar-refractivity contribution in [3.8, 4) is 0 Å². The van der Waals surface area contributed by atoms with E-state index in [4.69, 9.17) is 11.6 Å². The van der Waals surface area contributed by atoms with Crippen molar-refractivity contribution >= 4 is 39.1 Å². The fourth-order valence-corrected chi connectivity index (χ4v) is 5.89. The first-order valence-electron chi connectivity index (χ1n) is 12.3. The Morgan fingerprint density at radius 1 is 1.00 bits per heavy atom. The Hall–Kier alpha value is -3.57. The van der Waals surface area contributed by atoms with Crippen LogP contribution in [-0.2, 0) is 32.3 Å². The smallest absolute Gasteiger partial charge is 0.357 e. The predicted octanol–water partition coefficient (Wildman–Crippen LogP) is 5.42. The zero-order valence-electron chi connectivity index (χ0n) is 22.1. The molecule has 2 amide bonds. The fourth-order valence-electron chi connectivity index (χ4n) is 4.17. The van der Waals surface area contributed by atoms with Crippen LogP contribution in [0.1, 0.15) is 30.0 Å². The molecule has 0 saturated carbocycles. The zero-order valence-corrected chi connectivity index (χ0v) is 23.6. The van der Waals surface area contributed by atoms with Crippen molar-refractivity contribution in [2.24, 2.45) is 0 Å². The largest absolute Gasteiger partial charge is 0.416 e. The Labute approximate surface area is 236 Å². The van der Waals surface area contributed by atoms with E-state index in [-0.39, 0.29) is 22.9 Å². The number of rotatable bonds is 10. The molecule has 0 aliphatic rings. The van der Waals surface area contributed by atoms with E-state index in [2.05, 4.69) is 5.32 Å². The molecule has 3 rings (SSSR count). The van der Waals surface area contributed by atoms with Crippen molar-refractivity contribution in [1.82, 2.24) is 10.2 Å². The molecule has 3 aromatic rings. The van der Waals surface area contributed by atoms with E-state index in [1.807, 2.05) is 19.1 Å². The van der Waals surface area contributed by atoms with E-state index in [1.54, 1.807) is 25.1 Å². The molecule has 1 N–H and O–H groups in total. The topological polar surface area (TPSA) is 86.8 Å². The average Bonchev–Trinajstić information content (AvgIpc) is 2.92. The van der Waals surface area contributed by atoms with Gasteiger partial charge in [0.05, 0.1) is 21.2 Å². The number of carbonyl (C=O) groups is 2. The standard InChI is InChI=1S/C28H29ClF3N3O4S/c1-4-24(27(37)33-3)34(17-20-11-9-8-10-19(20)2)26(36)18-35(40(38,39)22-12-6-5-7-13-22)25-16-21(28(30,31)32)14-15-23(25)29/h5-16,24H,4,17-18H2,1-3H3,(H,33,37). The third kappa shape index (κ3) is 6.95. The van der Waals surface area contributed by atoms with Crippen molar-refractivity contribution < 1.29 is 31.2 Å². The number of benzene rings is 3. The number of carbonyl (C=O) groups excluding carboxylic acids is 2. The molecule has 1 atom stereocenters. The number of aryl methyl sites for hydroxylation is 1. The maximum Gasteiger partial charge on any atom is 0.416 e. The van der Waals surface area contributed by atoms with Gasteiger partial charge in [0.2, 0.25) is 11.8 Å². The number of likely N-dealkylation sites (N-methyl/N-ethyl adjacent to an activating group) is 1. The Morgan fingerprint density at radius 3 is 2.20 bits per heavy atom. The summed E-state index contributed by atoms with van der Waals surface area (Å²) in [5, 5.41) is 2.21. The van der Waals surface area contributed by atoms with E-state index in [0.29, 0.717) is 15.9 Å². The minimum atomic E-state index is -4.80. The number of sulfonamides is 1. The molecule has 40 heavy (non-hydrogen) atoms. The summed E-state index contributed by atoms with van der Waals surface area (Å²) in [6, 6.07) is 15.4. The van der Waals surface area contributed by atoms with Gasteiger partial charge in [-0.25, -0.2) is 8.42 Å². The fraction of sp³-hybridized carbons (Fsp3) is 0.286. The quantitative estimate of drug-likeness (QED) is 0.339. The van der Waals surface area contributed by atoms with Crippen molar-refractivity contribution in [1.29, 1.82) is 0 Å². The van der Waals surface area contributed by atoms with E-state index < -0.39 is 51.9 Å². The lowest BCUT2D eigenvalue weighted by Crippen LogP contribution is -2.51. The van der Waals surface area contributed by atoms with Gasteiger partial charge in [0, 0.05) is 13.6 Å². The van der Waals surface area contributed by atoms with Crippen LogP contribution < -0.4 is 9.62 Å². The van der Waals surface area contributed by atoms with Gasteiger partial charge in [0.1, 0.15) is 12.6 Å². The molecule has 1 unspecified atom stereocenters. The average molecular weight is 596 g/mol. The van der Waals surface area contributed by atoms with Crippen LogP contribution in [0.15, 0.2) is 77.7 Å². The van der Waals surface area contributed by atoms with Gasteiger partial charge in [-0.3, -0.25) is 13.9 Å². The van der Waals surface area contributed by atoms with Gasteiger partial charge < -0.3 is 10.2 Å². The summed E-state index contributed by atoms with van der Waals surface area (Å²) in [4.78, 5) is 27.7. The highest BCUT2D eigenvalue weighted by molar-refractivity contribution is 7.92. The van der Waals surface area contributed by atoms with Crippen LogP contribution in [0.5, 0.6) is 0 Å². The van der Waals surface area contributed by atoms with Crippen LogP contribution in [0.2, 0.25) is 5.02 Å². The summed E-state index contributed by atoms with van der Waals surface area (Å²) in [6.45, 7) is 2.58. The first-order valence-corrected chi connectivity index (χ1v) is 14.1. The minimum absolute atomic E-state index is 0.0347. The Morgan fingerprint density at radius 2 is 1.62 bits per heavy atom. The Balaban J connectivity index is 2.17. The zero-order chi connectivity index (χ0) is 29.7. The van der Waals surface area contributed by atoms with Crippen molar-refractivity contribution in [3.05, 3.63) is 94.5 Å². The van der Waals surface area contributed by atoms with E-state index in [0.717, 1.165) is 17.7 Å². The number of nitrogens with one attached hydrogen (secondary N) is 1. The van der Waals surface area contributed by atoms with E-state index >= 15 is 0 Å². The molecule has 0 saturated heterocycles. The summed E-state index contributed by atoms with van der Waals surface area (Å²) >= 11 is 6.25. The number of anilines is 1. The van der Waals surface area contributed by atoms with Gasteiger partial charge in [-0.05, 0) is 54.8 Å². The van der Waals surface area contributed by atoms with Gasteiger partial charge in [-0.1, -0.05) is 61.0 Å². The van der Waals surface area contributed by atoms with Crippen LogP contribution >= 0.6 is 11.6 Å². The summed E-state index contributed by atoms with van der Waals surface area (Å²) in [7, 11) is -3.16. The van der Waals surface area contributed by atoms with Crippen LogP contribution in [0.4, 0.5) is 18.9 Å². The second-order valence-electron chi connectivity index (χ2n) is 8.98. The molecule has 214 valence electrons. The third-order valence-corrected chi connectivity index (χ3v) is 8.48. The molecule has 0 heterocycles. The second kappa shape index (κ2) is 12.7. The lowest BCUT2D eigenvalue weighted by molar-refractivity contribution is -0.140. The minimum Gasteiger partial charge on any atom is -0.357 e. The molecule has 12 heteroatoms. The summed E-state index contributed by atoms with van der Waals surface area (Å²) in [5.74, 6) is -1.27. The molecule has 0 spiro atoms. The molecular weight excluding hydrogens is 567 g/mol. The number of alkyl halides is 3. The number of nitrogens with zero attached hydrogens (tertiary/aromatic N) is 2. The van der Waals surface area contributed by atoms with Gasteiger partial charge in [-0.2, -0.15) is 13.2 Å². The van der Waals surface area contributed by atoms with Crippen molar-refractivity contribution in [3.63, 3.8) is 0 Å². The highest BCUT2D eigenvalue weighted by Gasteiger charge is 2.36. The first-order chi connectivity index (χ1) is 18.8. The highest BCUT2D eigenvalue weighted by atomic mass is 35.5. The van der Waals surface area contributed by atoms with Gasteiger partial charge in [-0.15, -0.1) is 0 Å². The van der Waals surface area contributed by atoms with E-state index in [9.17, 15) is 31.2 Å². The SMILES string of the molecule is CCC(C(=O)NC)N(Cc1ccccc1C)C(=O)CN(c1cc(C(F)(F)F)ccc1Cl)S(=O)(=O)c1ccccc1. The first kappa shape index (κ1) is 31.0. The van der Waals surface area contributed by atoms with Crippen LogP contribution in [0, 0.1) is 6.92 Å². The van der Waals surface area contributed by atoms with Crippen LogP contribution in [0.25, 0.3) is 0 Å². The predicted molar refractivity (Wildman–Crippen MR) is 147 cm³/mol. The number of hydrogen-bond acceptors (Lipinski definition) is 4. The third-order valence-electron chi connectivity index (χ3n) is 6.39. The molecule has 0 aromatic heterocycles. The van der Waals surface area contributed by atoms with Gasteiger partial charge in [0.15, 0.2) is 0 Å². The molecule has 7 nitrogen and oxygen atoms in total. The van der Waals surface area contributed by atoms with Crippen LogP contribution in [-0.4, -0.2) is 44.8 Å². The maximum atomic E-state index is 13.9. The molecule has 0 aliphatic carbocycles. The summed E-state index contributed by atoms with van der Waals surface area (Å²) in [5.41, 5.74) is -0.104. The Bertz CT molecular complexity index is 1470. The molecule has 3 aromatic carbocycles. The molecule has 0 fully saturated rings. The monoisotopic (exact) mass is 595 g/mol. The van der Waals surface area contributed by atoms with Crippen LogP contribution in [0.3, 0.4) is 0 Å². The second-order valence-corrected chi connectivity index (χ2v) is 11.2. The lowest BCUT2D eigenvalue weighted by atomic mass is 10.1. The number of halogens is 4. The van der Waals surface area contributed by atoms with Gasteiger partial charge in [0.25, 0.3) is 10.0 Å². The highest BCUT2D eigenvalue weighted by Crippen LogP contribution is 2.37. The van der Waals surface area contributed by atoms with E-state index in [1.165, 1.54) is 36.2 Å². The van der Waals surface area contributed by atoms with Crippen molar-refractivity contribution in [2.75, 3.05) is 17.9 Å². The molecule has 0 bridgehead atoms. The lowest BCUT2D eigenvalue weighted by Gasteiger charge is -2.33. The normalized spacial score (nSPS) is 12.5.